The molecule has 1 saturated heterocycles. The van der Waals surface area contributed by atoms with Crippen molar-refractivity contribution in [1.82, 2.24) is 4.90 Å². The molecule has 1 atom stereocenters. The summed E-state index contributed by atoms with van der Waals surface area (Å²) in [5.41, 5.74) is 0. The molecule has 1 rings (SSSR count). The monoisotopic (exact) mass is 275 g/mol. The number of carbonyl (C=O) groups is 1. The number of rotatable bonds is 2. The van der Waals surface area contributed by atoms with Crippen molar-refractivity contribution in [2.24, 2.45) is 5.92 Å². The molecular weight excluding hydrogens is 261 g/mol. The van der Waals surface area contributed by atoms with Crippen LogP contribution in [0, 0.1) is 5.92 Å². The van der Waals surface area contributed by atoms with Crippen LogP contribution in [0.3, 0.4) is 0 Å². The van der Waals surface area contributed by atoms with E-state index in [1.807, 2.05) is 0 Å². The first-order valence-electron chi connectivity index (χ1n) is 5.49. The Labute approximate surface area is 101 Å². The van der Waals surface area contributed by atoms with E-state index in [9.17, 15) is 31.9 Å². The van der Waals surface area contributed by atoms with Crippen LogP contribution in [0.25, 0.3) is 0 Å². The third-order valence-corrected chi connectivity index (χ3v) is 3.13. The van der Waals surface area contributed by atoms with E-state index in [0.29, 0.717) is 4.90 Å². The van der Waals surface area contributed by atoms with Gasteiger partial charge in [-0.15, -0.1) is 0 Å². The lowest BCUT2D eigenvalue weighted by Gasteiger charge is -2.35. The molecule has 8 heteroatoms. The molecule has 1 aliphatic heterocycles. The number of likely N-dealkylation sites (tertiary alicyclic amines) is 1. The molecule has 0 aromatic heterocycles. The average Bonchev–Trinajstić information content (AvgIpc) is 2.26. The summed E-state index contributed by atoms with van der Waals surface area (Å²) < 4.78 is 61.6. The van der Waals surface area contributed by atoms with E-state index in [1.165, 1.54) is 6.92 Å². The number of amides is 1. The minimum absolute atomic E-state index is 0.173. The van der Waals surface area contributed by atoms with Crippen molar-refractivity contribution in [1.29, 1.82) is 0 Å². The summed E-state index contributed by atoms with van der Waals surface area (Å²) in [5.74, 6) is -7.72. The summed E-state index contributed by atoms with van der Waals surface area (Å²) in [6.45, 7) is 1.13. The van der Waals surface area contributed by atoms with E-state index >= 15 is 0 Å². The molecule has 0 bridgehead atoms. The van der Waals surface area contributed by atoms with Gasteiger partial charge in [-0.2, -0.15) is 22.0 Å². The fraction of sp³-hybridized carbons (Fsp3) is 0.900. The fourth-order valence-corrected chi connectivity index (χ4v) is 1.90. The van der Waals surface area contributed by atoms with Crippen LogP contribution in [0.4, 0.5) is 22.0 Å². The van der Waals surface area contributed by atoms with Gasteiger partial charge < -0.3 is 10.0 Å². The van der Waals surface area contributed by atoms with Gasteiger partial charge in [0.1, 0.15) is 0 Å². The van der Waals surface area contributed by atoms with Crippen LogP contribution in [-0.4, -0.2) is 47.2 Å². The third kappa shape index (κ3) is 2.90. The maximum Gasteiger partial charge on any atom is 0.463 e. The van der Waals surface area contributed by atoms with Crippen molar-refractivity contribution >= 4 is 5.91 Å². The zero-order valence-electron chi connectivity index (χ0n) is 9.68. The van der Waals surface area contributed by atoms with Crippen molar-refractivity contribution in [3.63, 3.8) is 0 Å². The number of carbonyl (C=O) groups excluding carboxylic acids is 1. The Balaban J connectivity index is 2.66. The van der Waals surface area contributed by atoms with Gasteiger partial charge in [-0.25, -0.2) is 0 Å². The summed E-state index contributed by atoms with van der Waals surface area (Å²) in [7, 11) is 0. The van der Waals surface area contributed by atoms with Gasteiger partial charge in [0.05, 0.1) is 6.10 Å². The molecule has 0 saturated carbocycles. The standard InChI is InChI=1S/C10H14F5NO2/c1-6(17)7-2-4-16(5-3-7)8(18)9(11,12)10(13,14)15/h6-7,17H,2-5H2,1H3. The highest BCUT2D eigenvalue weighted by Crippen LogP contribution is 2.37. The highest BCUT2D eigenvalue weighted by Gasteiger charge is 2.64. The molecule has 1 unspecified atom stereocenters. The minimum atomic E-state index is -5.87. The van der Waals surface area contributed by atoms with E-state index < -0.39 is 24.1 Å². The molecule has 0 spiro atoms. The van der Waals surface area contributed by atoms with Crippen LogP contribution >= 0.6 is 0 Å². The first kappa shape index (κ1) is 15.1. The van der Waals surface area contributed by atoms with Gasteiger partial charge in [0, 0.05) is 13.1 Å². The minimum Gasteiger partial charge on any atom is -0.393 e. The van der Waals surface area contributed by atoms with Crippen molar-refractivity contribution in [2.45, 2.75) is 38.0 Å². The molecule has 1 amide bonds. The Morgan fingerprint density at radius 2 is 1.67 bits per heavy atom. The predicted octanol–water partition coefficient (Wildman–Crippen LogP) is 1.80. The number of nitrogens with zero attached hydrogens (tertiary/aromatic N) is 1. The van der Waals surface area contributed by atoms with Crippen LogP contribution in [-0.2, 0) is 4.79 Å². The molecule has 1 heterocycles. The molecule has 3 nitrogen and oxygen atoms in total. The molecule has 18 heavy (non-hydrogen) atoms. The molecule has 0 aromatic carbocycles. The Bertz CT molecular complexity index is 308. The number of hydrogen-bond acceptors (Lipinski definition) is 2. The Morgan fingerprint density at radius 1 is 1.22 bits per heavy atom. The number of halogens is 5. The second-order valence-corrected chi connectivity index (χ2v) is 4.44. The van der Waals surface area contributed by atoms with Gasteiger partial charge in [0.15, 0.2) is 0 Å². The number of aliphatic hydroxyl groups is 1. The molecule has 1 aliphatic rings. The molecule has 0 aliphatic carbocycles. The topological polar surface area (TPSA) is 40.5 Å². The Hall–Kier alpha value is -0.920. The lowest BCUT2D eigenvalue weighted by atomic mass is 9.92. The number of piperidine rings is 1. The van der Waals surface area contributed by atoms with Crippen molar-refractivity contribution in [2.75, 3.05) is 13.1 Å². The summed E-state index contributed by atoms with van der Waals surface area (Å²) in [4.78, 5) is 11.6. The Morgan fingerprint density at radius 3 is 2.00 bits per heavy atom. The van der Waals surface area contributed by atoms with Crippen LogP contribution in [0.5, 0.6) is 0 Å². The van der Waals surface area contributed by atoms with Gasteiger partial charge in [-0.05, 0) is 25.7 Å². The lowest BCUT2D eigenvalue weighted by Crippen LogP contribution is -2.54. The highest BCUT2D eigenvalue weighted by molar-refractivity contribution is 5.84. The van der Waals surface area contributed by atoms with Crippen molar-refractivity contribution in [3.8, 4) is 0 Å². The second kappa shape index (κ2) is 4.99. The molecule has 0 radical (unpaired) electrons. The van der Waals surface area contributed by atoms with E-state index in [2.05, 4.69) is 0 Å². The Kier molecular flexibility index (Phi) is 4.19. The largest absolute Gasteiger partial charge is 0.463 e. The summed E-state index contributed by atoms with van der Waals surface area (Å²) in [6.07, 6.45) is -6.09. The average molecular weight is 275 g/mol. The van der Waals surface area contributed by atoms with E-state index in [-0.39, 0.29) is 31.8 Å². The molecule has 0 aromatic rings. The van der Waals surface area contributed by atoms with E-state index in [0.717, 1.165) is 0 Å². The van der Waals surface area contributed by atoms with Crippen molar-refractivity contribution < 1.29 is 31.9 Å². The lowest BCUT2D eigenvalue weighted by molar-refractivity contribution is -0.274. The maximum atomic E-state index is 12.8. The second-order valence-electron chi connectivity index (χ2n) is 4.44. The normalized spacial score (nSPS) is 20.9. The maximum absolute atomic E-state index is 12.8. The van der Waals surface area contributed by atoms with Gasteiger partial charge in [0.2, 0.25) is 0 Å². The van der Waals surface area contributed by atoms with Crippen LogP contribution < -0.4 is 0 Å². The first-order chi connectivity index (χ1) is 8.07. The highest BCUT2D eigenvalue weighted by atomic mass is 19.4. The molecule has 106 valence electrons. The SMILES string of the molecule is CC(O)C1CCN(C(=O)C(F)(F)C(F)(F)F)CC1. The molecule has 1 N–H and O–H groups in total. The van der Waals surface area contributed by atoms with Gasteiger partial charge in [-0.1, -0.05) is 0 Å². The number of hydrogen-bond donors (Lipinski definition) is 1. The first-order valence-corrected chi connectivity index (χ1v) is 5.49. The third-order valence-electron chi connectivity index (χ3n) is 3.13. The van der Waals surface area contributed by atoms with Crippen molar-refractivity contribution in [3.05, 3.63) is 0 Å². The predicted molar refractivity (Wildman–Crippen MR) is 52.0 cm³/mol. The molecule has 1 fully saturated rings. The van der Waals surface area contributed by atoms with E-state index in [1.54, 1.807) is 0 Å². The number of alkyl halides is 5. The van der Waals surface area contributed by atoms with Crippen LogP contribution in [0.2, 0.25) is 0 Å². The van der Waals surface area contributed by atoms with E-state index in [4.69, 9.17) is 0 Å². The summed E-state index contributed by atoms with van der Waals surface area (Å²) in [5, 5.41) is 9.26. The van der Waals surface area contributed by atoms with Gasteiger partial charge in [-0.3, -0.25) is 4.79 Å². The van der Waals surface area contributed by atoms with Gasteiger partial charge >= 0.3 is 18.0 Å². The summed E-state index contributed by atoms with van der Waals surface area (Å²) >= 11 is 0. The molecular formula is C10H14F5NO2. The van der Waals surface area contributed by atoms with Crippen LogP contribution in [0.15, 0.2) is 0 Å². The van der Waals surface area contributed by atoms with Crippen LogP contribution in [0.1, 0.15) is 19.8 Å². The zero-order chi connectivity index (χ0) is 14.1. The quantitative estimate of drug-likeness (QED) is 0.781. The summed E-state index contributed by atoms with van der Waals surface area (Å²) in [6, 6.07) is 0. The number of aliphatic hydroxyl groups excluding tert-OH is 1. The van der Waals surface area contributed by atoms with Gasteiger partial charge in [0.25, 0.3) is 0 Å². The zero-order valence-corrected chi connectivity index (χ0v) is 9.68. The fourth-order valence-electron chi connectivity index (χ4n) is 1.90. The smallest absolute Gasteiger partial charge is 0.393 e.